The number of hydrogen-bond acceptors (Lipinski definition) is 3. The van der Waals surface area contributed by atoms with Crippen LogP contribution in [0.15, 0.2) is 18.2 Å². The summed E-state index contributed by atoms with van der Waals surface area (Å²) in [5, 5.41) is 3.20. The Balaban J connectivity index is 2.98. The molecule has 0 aromatic heterocycles. The summed E-state index contributed by atoms with van der Waals surface area (Å²) >= 11 is 0. The maximum atomic E-state index is 13.4. The Bertz CT molecular complexity index is 449. The van der Waals surface area contributed by atoms with Gasteiger partial charge in [-0.05, 0) is 37.2 Å². The predicted octanol–water partition coefficient (Wildman–Crippen LogP) is 1.85. The standard InChI is InChI=1S/C15H24FN3O/c1-5-17-10-12-9-13(16)7-8-14(12)19(6-2)11-15(20)18(3)4/h7-9,17H,5-6,10-11H2,1-4H3. The van der Waals surface area contributed by atoms with Crippen LogP contribution in [0, 0.1) is 5.82 Å². The Morgan fingerprint density at radius 1 is 1.30 bits per heavy atom. The fourth-order valence-corrected chi connectivity index (χ4v) is 1.94. The van der Waals surface area contributed by atoms with E-state index >= 15 is 0 Å². The summed E-state index contributed by atoms with van der Waals surface area (Å²) in [6.07, 6.45) is 0. The lowest BCUT2D eigenvalue weighted by atomic mass is 10.1. The van der Waals surface area contributed by atoms with Crippen molar-refractivity contribution in [2.24, 2.45) is 0 Å². The number of benzene rings is 1. The van der Waals surface area contributed by atoms with E-state index in [2.05, 4.69) is 5.32 Å². The van der Waals surface area contributed by atoms with E-state index in [1.165, 1.54) is 12.1 Å². The molecule has 4 nitrogen and oxygen atoms in total. The number of rotatable bonds is 7. The van der Waals surface area contributed by atoms with Gasteiger partial charge in [0.15, 0.2) is 0 Å². The van der Waals surface area contributed by atoms with Gasteiger partial charge in [-0.2, -0.15) is 0 Å². The maximum absolute atomic E-state index is 13.4. The summed E-state index contributed by atoms with van der Waals surface area (Å²) in [7, 11) is 3.47. The summed E-state index contributed by atoms with van der Waals surface area (Å²) in [6, 6.07) is 4.71. The Hall–Kier alpha value is -1.62. The molecule has 1 aromatic carbocycles. The van der Waals surface area contributed by atoms with Crippen LogP contribution < -0.4 is 10.2 Å². The zero-order valence-corrected chi connectivity index (χ0v) is 12.7. The summed E-state index contributed by atoms with van der Waals surface area (Å²) < 4.78 is 13.4. The molecular weight excluding hydrogens is 257 g/mol. The normalized spacial score (nSPS) is 10.4. The van der Waals surface area contributed by atoms with E-state index < -0.39 is 0 Å². The second-order valence-electron chi connectivity index (χ2n) is 4.86. The number of amides is 1. The number of nitrogens with one attached hydrogen (secondary N) is 1. The second kappa shape index (κ2) is 7.85. The van der Waals surface area contributed by atoms with Crippen molar-refractivity contribution >= 4 is 11.6 Å². The quantitative estimate of drug-likeness (QED) is 0.828. The van der Waals surface area contributed by atoms with Crippen molar-refractivity contribution in [3.63, 3.8) is 0 Å². The maximum Gasteiger partial charge on any atom is 0.241 e. The average molecular weight is 281 g/mol. The molecule has 5 heteroatoms. The number of halogens is 1. The van der Waals surface area contributed by atoms with Crippen LogP contribution in [-0.2, 0) is 11.3 Å². The molecule has 1 amide bonds. The molecule has 0 saturated heterocycles. The van der Waals surface area contributed by atoms with Crippen molar-refractivity contribution in [2.75, 3.05) is 38.6 Å². The second-order valence-corrected chi connectivity index (χ2v) is 4.86. The molecule has 0 aliphatic heterocycles. The lowest BCUT2D eigenvalue weighted by Crippen LogP contribution is -2.37. The number of carbonyl (C=O) groups is 1. The highest BCUT2D eigenvalue weighted by atomic mass is 19.1. The van der Waals surface area contributed by atoms with E-state index in [9.17, 15) is 9.18 Å². The van der Waals surface area contributed by atoms with Crippen LogP contribution in [0.25, 0.3) is 0 Å². The molecule has 0 saturated carbocycles. The SMILES string of the molecule is CCNCc1cc(F)ccc1N(CC)CC(=O)N(C)C. The minimum atomic E-state index is -0.253. The van der Waals surface area contributed by atoms with Gasteiger partial charge < -0.3 is 15.1 Å². The zero-order chi connectivity index (χ0) is 15.1. The Labute approximate surface area is 120 Å². The van der Waals surface area contributed by atoms with E-state index in [-0.39, 0.29) is 11.7 Å². The zero-order valence-electron chi connectivity index (χ0n) is 12.7. The van der Waals surface area contributed by atoms with Gasteiger partial charge in [0.2, 0.25) is 5.91 Å². The van der Waals surface area contributed by atoms with Crippen LogP contribution in [0.3, 0.4) is 0 Å². The van der Waals surface area contributed by atoms with Crippen molar-refractivity contribution in [3.8, 4) is 0 Å². The molecule has 1 aromatic rings. The summed E-state index contributed by atoms with van der Waals surface area (Å²) in [5.74, 6) is -0.220. The first-order chi connectivity index (χ1) is 9.49. The first kappa shape index (κ1) is 16.4. The smallest absolute Gasteiger partial charge is 0.241 e. The molecule has 0 spiro atoms. The summed E-state index contributed by atoms with van der Waals surface area (Å²) in [5.41, 5.74) is 1.78. The van der Waals surface area contributed by atoms with Crippen LogP contribution in [0.4, 0.5) is 10.1 Å². The van der Waals surface area contributed by atoms with Gasteiger partial charge in [-0.1, -0.05) is 6.92 Å². The monoisotopic (exact) mass is 281 g/mol. The number of carbonyl (C=O) groups excluding carboxylic acids is 1. The first-order valence-electron chi connectivity index (χ1n) is 6.93. The van der Waals surface area contributed by atoms with Crippen molar-refractivity contribution in [2.45, 2.75) is 20.4 Å². The fraction of sp³-hybridized carbons (Fsp3) is 0.533. The minimum absolute atomic E-state index is 0.0329. The molecule has 1 N–H and O–H groups in total. The molecule has 112 valence electrons. The number of nitrogens with zero attached hydrogens (tertiary/aromatic N) is 2. The molecule has 0 aliphatic rings. The van der Waals surface area contributed by atoms with Gasteiger partial charge in [-0.25, -0.2) is 4.39 Å². The van der Waals surface area contributed by atoms with Gasteiger partial charge in [0.05, 0.1) is 6.54 Å². The van der Waals surface area contributed by atoms with Crippen LogP contribution in [0.5, 0.6) is 0 Å². The molecule has 0 atom stereocenters. The molecule has 0 aliphatic carbocycles. The van der Waals surface area contributed by atoms with E-state index in [0.717, 1.165) is 17.8 Å². The fourth-order valence-electron chi connectivity index (χ4n) is 1.94. The molecule has 0 radical (unpaired) electrons. The molecule has 0 unspecified atom stereocenters. The largest absolute Gasteiger partial charge is 0.362 e. The van der Waals surface area contributed by atoms with Crippen molar-refractivity contribution in [3.05, 3.63) is 29.6 Å². The van der Waals surface area contributed by atoms with Crippen molar-refractivity contribution in [1.82, 2.24) is 10.2 Å². The third kappa shape index (κ3) is 4.49. The third-order valence-corrected chi connectivity index (χ3v) is 3.15. The van der Waals surface area contributed by atoms with E-state index in [1.54, 1.807) is 25.1 Å². The van der Waals surface area contributed by atoms with Crippen LogP contribution >= 0.6 is 0 Å². The predicted molar refractivity (Wildman–Crippen MR) is 80.4 cm³/mol. The highest BCUT2D eigenvalue weighted by molar-refractivity contribution is 5.81. The van der Waals surface area contributed by atoms with Gasteiger partial charge in [-0.15, -0.1) is 0 Å². The van der Waals surface area contributed by atoms with E-state index in [4.69, 9.17) is 0 Å². The lowest BCUT2D eigenvalue weighted by molar-refractivity contribution is -0.127. The van der Waals surface area contributed by atoms with Crippen LogP contribution in [-0.4, -0.2) is 44.5 Å². The third-order valence-electron chi connectivity index (χ3n) is 3.15. The topological polar surface area (TPSA) is 35.6 Å². The first-order valence-corrected chi connectivity index (χ1v) is 6.93. The van der Waals surface area contributed by atoms with E-state index in [0.29, 0.717) is 19.6 Å². The van der Waals surface area contributed by atoms with Crippen molar-refractivity contribution in [1.29, 1.82) is 0 Å². The average Bonchev–Trinajstić information content (AvgIpc) is 2.42. The Morgan fingerprint density at radius 3 is 2.55 bits per heavy atom. The van der Waals surface area contributed by atoms with Crippen LogP contribution in [0.1, 0.15) is 19.4 Å². The summed E-state index contributed by atoms with van der Waals surface area (Å²) in [4.78, 5) is 15.4. The van der Waals surface area contributed by atoms with Crippen molar-refractivity contribution < 1.29 is 9.18 Å². The van der Waals surface area contributed by atoms with Gasteiger partial charge in [-0.3, -0.25) is 4.79 Å². The van der Waals surface area contributed by atoms with Gasteiger partial charge in [0.1, 0.15) is 5.82 Å². The van der Waals surface area contributed by atoms with Crippen LogP contribution in [0.2, 0.25) is 0 Å². The summed E-state index contributed by atoms with van der Waals surface area (Å²) in [6.45, 7) is 6.41. The molecule has 1 rings (SSSR count). The van der Waals surface area contributed by atoms with Gasteiger partial charge >= 0.3 is 0 Å². The minimum Gasteiger partial charge on any atom is -0.362 e. The molecular formula is C15H24FN3O. The highest BCUT2D eigenvalue weighted by Gasteiger charge is 2.15. The molecule has 20 heavy (non-hydrogen) atoms. The Morgan fingerprint density at radius 2 is 2.00 bits per heavy atom. The molecule has 0 bridgehead atoms. The number of hydrogen-bond donors (Lipinski definition) is 1. The Kier molecular flexibility index (Phi) is 6.45. The highest BCUT2D eigenvalue weighted by Crippen LogP contribution is 2.21. The van der Waals surface area contributed by atoms with Gasteiger partial charge in [0, 0.05) is 32.9 Å². The van der Waals surface area contributed by atoms with Gasteiger partial charge in [0.25, 0.3) is 0 Å². The van der Waals surface area contributed by atoms with E-state index in [1.807, 2.05) is 18.7 Å². The molecule has 0 fully saturated rings. The number of likely N-dealkylation sites (N-methyl/N-ethyl adjacent to an activating group) is 2. The number of anilines is 1. The molecule has 0 heterocycles. The lowest BCUT2D eigenvalue weighted by Gasteiger charge is -2.26.